The maximum atomic E-state index is 12.5. The van der Waals surface area contributed by atoms with Crippen LogP contribution in [0.2, 0.25) is 0 Å². The van der Waals surface area contributed by atoms with Gasteiger partial charge in [-0.3, -0.25) is 19.5 Å². The molecule has 23 heavy (non-hydrogen) atoms. The van der Waals surface area contributed by atoms with Gasteiger partial charge < -0.3 is 9.32 Å². The van der Waals surface area contributed by atoms with Gasteiger partial charge in [-0.05, 0) is 32.8 Å². The van der Waals surface area contributed by atoms with Crippen molar-refractivity contribution < 1.29 is 14.1 Å². The molecule has 1 fully saturated rings. The molecule has 122 valence electrons. The molecule has 0 radical (unpaired) electrons. The molecule has 1 amide bonds. The van der Waals surface area contributed by atoms with E-state index in [1.807, 2.05) is 13.8 Å². The van der Waals surface area contributed by atoms with Gasteiger partial charge in [-0.15, -0.1) is 0 Å². The minimum absolute atomic E-state index is 0.0601. The van der Waals surface area contributed by atoms with Crippen LogP contribution in [0.25, 0.3) is 11.1 Å². The van der Waals surface area contributed by atoms with Crippen LogP contribution in [-0.4, -0.2) is 32.4 Å². The van der Waals surface area contributed by atoms with E-state index in [-0.39, 0.29) is 35.8 Å². The Balaban J connectivity index is 1.93. The molecule has 0 saturated heterocycles. The van der Waals surface area contributed by atoms with Gasteiger partial charge in [0.15, 0.2) is 5.58 Å². The number of benzene rings is 1. The summed E-state index contributed by atoms with van der Waals surface area (Å²) < 4.78 is 6.26. The van der Waals surface area contributed by atoms with E-state index in [1.165, 1.54) is 22.8 Å². The molecule has 3 rings (SSSR count). The van der Waals surface area contributed by atoms with Crippen LogP contribution < -0.4 is 5.76 Å². The van der Waals surface area contributed by atoms with Crippen molar-refractivity contribution in [2.24, 2.45) is 0 Å². The Hall–Kier alpha value is -2.64. The van der Waals surface area contributed by atoms with Gasteiger partial charge in [-0.1, -0.05) is 0 Å². The number of non-ortho nitro benzene ring substituents is 1. The average molecular weight is 319 g/mol. The smallest absolute Gasteiger partial charge is 0.407 e. The monoisotopic (exact) mass is 319 g/mol. The molecular formula is C15H17N3O5. The van der Waals surface area contributed by atoms with Crippen molar-refractivity contribution in [2.75, 3.05) is 0 Å². The first-order valence-electron chi connectivity index (χ1n) is 7.47. The first kappa shape index (κ1) is 15.3. The highest BCUT2D eigenvalue weighted by atomic mass is 16.6. The Bertz CT molecular complexity index is 829. The van der Waals surface area contributed by atoms with Crippen LogP contribution in [0.1, 0.15) is 26.7 Å². The molecule has 1 heterocycles. The van der Waals surface area contributed by atoms with Gasteiger partial charge in [-0.2, -0.15) is 0 Å². The van der Waals surface area contributed by atoms with E-state index in [0.29, 0.717) is 5.52 Å². The van der Waals surface area contributed by atoms with Crippen molar-refractivity contribution in [3.63, 3.8) is 0 Å². The zero-order valence-electron chi connectivity index (χ0n) is 12.9. The van der Waals surface area contributed by atoms with Crippen LogP contribution in [0.4, 0.5) is 5.69 Å². The average Bonchev–Trinajstić information content (AvgIpc) is 3.24. The predicted molar refractivity (Wildman–Crippen MR) is 82.1 cm³/mol. The lowest BCUT2D eigenvalue weighted by molar-refractivity contribution is -0.384. The van der Waals surface area contributed by atoms with E-state index < -0.39 is 10.7 Å². The number of nitro benzene ring substituents is 1. The molecule has 0 unspecified atom stereocenters. The van der Waals surface area contributed by atoms with Gasteiger partial charge >= 0.3 is 5.76 Å². The SMILES string of the molecule is CC(C)N(C(=O)Cn1c(=O)oc2cc([N+](=O)[O-])ccc21)C1CC1. The molecule has 1 aliphatic rings. The van der Waals surface area contributed by atoms with Crippen molar-refractivity contribution >= 4 is 22.7 Å². The van der Waals surface area contributed by atoms with Crippen LogP contribution in [0, 0.1) is 10.1 Å². The van der Waals surface area contributed by atoms with E-state index in [1.54, 1.807) is 4.90 Å². The molecule has 0 atom stereocenters. The normalized spacial score (nSPS) is 14.4. The Morgan fingerprint density at radius 1 is 1.48 bits per heavy atom. The molecule has 0 N–H and O–H groups in total. The molecule has 2 aromatic rings. The largest absolute Gasteiger partial charge is 0.420 e. The van der Waals surface area contributed by atoms with E-state index in [0.717, 1.165) is 12.8 Å². The highest BCUT2D eigenvalue weighted by molar-refractivity contribution is 5.81. The minimum Gasteiger partial charge on any atom is -0.407 e. The summed E-state index contributed by atoms with van der Waals surface area (Å²) in [6.45, 7) is 3.75. The topological polar surface area (TPSA) is 98.6 Å². The van der Waals surface area contributed by atoms with Crippen molar-refractivity contribution in [1.82, 2.24) is 9.47 Å². The molecule has 8 nitrogen and oxygen atoms in total. The van der Waals surface area contributed by atoms with Crippen molar-refractivity contribution in [3.8, 4) is 0 Å². The first-order chi connectivity index (χ1) is 10.9. The number of amides is 1. The Morgan fingerprint density at radius 2 is 2.17 bits per heavy atom. The lowest BCUT2D eigenvalue weighted by Gasteiger charge is -2.26. The van der Waals surface area contributed by atoms with Crippen LogP contribution in [0.3, 0.4) is 0 Å². The maximum absolute atomic E-state index is 12.5. The summed E-state index contributed by atoms with van der Waals surface area (Å²) in [5.74, 6) is -0.834. The van der Waals surface area contributed by atoms with Crippen LogP contribution in [0.15, 0.2) is 27.4 Å². The van der Waals surface area contributed by atoms with Gasteiger partial charge in [0, 0.05) is 18.2 Å². The summed E-state index contributed by atoms with van der Waals surface area (Å²) in [5, 5.41) is 10.8. The molecule has 1 aromatic heterocycles. The number of aromatic nitrogens is 1. The molecule has 1 aromatic carbocycles. The highest BCUT2D eigenvalue weighted by Gasteiger charge is 2.34. The first-order valence-corrected chi connectivity index (χ1v) is 7.47. The molecule has 8 heteroatoms. The van der Waals surface area contributed by atoms with Gasteiger partial charge in [0.25, 0.3) is 5.69 Å². The number of hydrogen-bond acceptors (Lipinski definition) is 5. The van der Waals surface area contributed by atoms with Crippen molar-refractivity contribution in [3.05, 3.63) is 38.9 Å². The summed E-state index contributed by atoms with van der Waals surface area (Å²) in [6.07, 6.45) is 1.97. The summed E-state index contributed by atoms with van der Waals surface area (Å²) >= 11 is 0. The van der Waals surface area contributed by atoms with E-state index >= 15 is 0 Å². The fourth-order valence-corrected chi connectivity index (χ4v) is 2.80. The Labute approximate surface area is 131 Å². The lowest BCUT2D eigenvalue weighted by Crippen LogP contribution is -2.41. The number of nitro groups is 1. The van der Waals surface area contributed by atoms with Gasteiger partial charge in [-0.25, -0.2) is 4.79 Å². The van der Waals surface area contributed by atoms with E-state index in [2.05, 4.69) is 0 Å². The molecule has 1 aliphatic carbocycles. The third-order valence-corrected chi connectivity index (χ3v) is 3.94. The second-order valence-corrected chi connectivity index (χ2v) is 5.99. The highest BCUT2D eigenvalue weighted by Crippen LogP contribution is 2.29. The fourth-order valence-electron chi connectivity index (χ4n) is 2.80. The van der Waals surface area contributed by atoms with Crippen molar-refractivity contribution in [2.45, 2.75) is 45.3 Å². The van der Waals surface area contributed by atoms with Crippen LogP contribution in [-0.2, 0) is 11.3 Å². The molecule has 0 bridgehead atoms. The molecule has 1 saturated carbocycles. The number of nitrogens with zero attached hydrogens (tertiary/aromatic N) is 3. The number of carbonyl (C=O) groups is 1. The summed E-state index contributed by atoms with van der Waals surface area (Å²) in [5.41, 5.74) is 0.333. The Kier molecular flexibility index (Phi) is 3.67. The zero-order valence-corrected chi connectivity index (χ0v) is 12.9. The quantitative estimate of drug-likeness (QED) is 0.619. The minimum atomic E-state index is -0.687. The molecular weight excluding hydrogens is 302 g/mol. The standard InChI is InChI=1S/C15H17N3O5/c1-9(2)17(10-3-4-10)14(19)8-16-12-6-5-11(18(21)22)7-13(12)23-15(16)20/h5-7,9-10H,3-4,8H2,1-2H3. The number of oxazole rings is 1. The number of hydrogen-bond donors (Lipinski definition) is 0. The third-order valence-electron chi connectivity index (χ3n) is 3.94. The second-order valence-electron chi connectivity index (χ2n) is 5.99. The summed E-state index contributed by atoms with van der Waals surface area (Å²) in [6, 6.07) is 4.23. The maximum Gasteiger partial charge on any atom is 0.420 e. The molecule has 0 aliphatic heterocycles. The second kappa shape index (κ2) is 5.53. The lowest BCUT2D eigenvalue weighted by atomic mass is 10.2. The summed E-state index contributed by atoms with van der Waals surface area (Å²) in [7, 11) is 0. The van der Waals surface area contributed by atoms with Crippen LogP contribution in [0.5, 0.6) is 0 Å². The molecule has 0 spiro atoms. The zero-order chi connectivity index (χ0) is 16.7. The predicted octanol–water partition coefficient (Wildman–Crippen LogP) is 1.90. The van der Waals surface area contributed by atoms with Crippen molar-refractivity contribution in [1.29, 1.82) is 0 Å². The number of rotatable bonds is 5. The Morgan fingerprint density at radius 3 is 2.74 bits per heavy atom. The third kappa shape index (κ3) is 2.84. The fraction of sp³-hybridized carbons (Fsp3) is 0.467. The van der Waals surface area contributed by atoms with E-state index in [9.17, 15) is 19.7 Å². The van der Waals surface area contributed by atoms with Gasteiger partial charge in [0.05, 0.1) is 16.5 Å². The van der Waals surface area contributed by atoms with Gasteiger partial charge in [0.2, 0.25) is 5.91 Å². The summed E-state index contributed by atoms with van der Waals surface area (Å²) in [4.78, 5) is 36.5. The number of fused-ring (bicyclic) bond motifs is 1. The number of carbonyl (C=O) groups excluding carboxylic acids is 1. The van der Waals surface area contributed by atoms with Gasteiger partial charge in [0.1, 0.15) is 6.54 Å². The van der Waals surface area contributed by atoms with E-state index in [4.69, 9.17) is 4.42 Å². The van der Waals surface area contributed by atoms with Crippen LogP contribution >= 0.6 is 0 Å².